The van der Waals surface area contributed by atoms with Crippen molar-refractivity contribution in [1.29, 1.82) is 0 Å². The molecule has 0 spiro atoms. The summed E-state index contributed by atoms with van der Waals surface area (Å²) in [6.45, 7) is 3.81. The lowest BCUT2D eigenvalue weighted by Crippen LogP contribution is -2.43. The zero-order valence-electron chi connectivity index (χ0n) is 10.9. The summed E-state index contributed by atoms with van der Waals surface area (Å²) >= 11 is 0. The lowest BCUT2D eigenvalue weighted by molar-refractivity contribution is -0.137. The van der Waals surface area contributed by atoms with Crippen molar-refractivity contribution >= 4 is 0 Å². The van der Waals surface area contributed by atoms with E-state index in [1.165, 1.54) is 12.1 Å². The third kappa shape index (κ3) is 3.94. The molecule has 2 nitrogen and oxygen atoms in total. The van der Waals surface area contributed by atoms with E-state index in [9.17, 15) is 13.2 Å². The van der Waals surface area contributed by atoms with Gasteiger partial charge in [-0.1, -0.05) is 12.1 Å². The van der Waals surface area contributed by atoms with Gasteiger partial charge in [0.25, 0.3) is 0 Å². The molecule has 1 saturated heterocycles. The summed E-state index contributed by atoms with van der Waals surface area (Å²) in [5.74, 6) is 0. The number of hydrogen-bond donors (Lipinski definition) is 2. The van der Waals surface area contributed by atoms with Gasteiger partial charge in [0.2, 0.25) is 0 Å². The molecule has 2 N–H and O–H groups in total. The molecule has 5 heteroatoms. The van der Waals surface area contributed by atoms with Gasteiger partial charge in [0.05, 0.1) is 5.56 Å². The highest BCUT2D eigenvalue weighted by Gasteiger charge is 2.30. The molecule has 19 heavy (non-hydrogen) atoms. The van der Waals surface area contributed by atoms with E-state index in [4.69, 9.17) is 0 Å². The van der Waals surface area contributed by atoms with E-state index < -0.39 is 11.7 Å². The summed E-state index contributed by atoms with van der Waals surface area (Å²) < 4.78 is 38.0. The summed E-state index contributed by atoms with van der Waals surface area (Å²) in [5.41, 5.74) is 0.0980. The molecule has 0 saturated carbocycles. The molecule has 1 fully saturated rings. The fraction of sp³-hybridized carbons (Fsp3) is 0.571. The molecule has 1 aliphatic heterocycles. The molecule has 1 aromatic rings. The highest BCUT2D eigenvalue weighted by atomic mass is 19.4. The molecule has 1 aromatic carbocycles. The van der Waals surface area contributed by atoms with Crippen LogP contribution in [0.25, 0.3) is 0 Å². The maximum atomic E-state index is 12.7. The number of rotatable bonds is 3. The molecule has 0 bridgehead atoms. The first-order chi connectivity index (χ1) is 8.97. The molecule has 0 aromatic heterocycles. The fourth-order valence-corrected chi connectivity index (χ4v) is 2.43. The minimum Gasteiger partial charge on any atom is -0.315 e. The second-order valence-electron chi connectivity index (χ2n) is 5.05. The molecule has 0 radical (unpaired) electrons. The van der Waals surface area contributed by atoms with Crippen molar-refractivity contribution in [2.24, 2.45) is 0 Å². The third-order valence-corrected chi connectivity index (χ3v) is 3.50. The van der Waals surface area contributed by atoms with Gasteiger partial charge in [-0.3, -0.25) is 0 Å². The van der Waals surface area contributed by atoms with Gasteiger partial charge < -0.3 is 10.6 Å². The number of hydrogen-bond acceptors (Lipinski definition) is 2. The van der Waals surface area contributed by atoms with E-state index in [1.807, 2.05) is 6.92 Å². The Balaban J connectivity index is 2.04. The minimum absolute atomic E-state index is 0.0767. The quantitative estimate of drug-likeness (QED) is 0.883. The normalized spacial score (nSPS) is 22.2. The van der Waals surface area contributed by atoms with E-state index >= 15 is 0 Å². The molecule has 2 atom stereocenters. The Labute approximate surface area is 111 Å². The van der Waals surface area contributed by atoms with Gasteiger partial charge in [0.1, 0.15) is 0 Å². The first kappa shape index (κ1) is 14.3. The number of piperidine rings is 1. The maximum Gasteiger partial charge on any atom is 0.416 e. The minimum atomic E-state index is -4.28. The second-order valence-corrected chi connectivity index (χ2v) is 5.05. The lowest BCUT2D eigenvalue weighted by atomic mass is 10.0. The van der Waals surface area contributed by atoms with Crippen LogP contribution < -0.4 is 10.6 Å². The van der Waals surface area contributed by atoms with Crippen LogP contribution in [-0.4, -0.2) is 19.1 Å². The number of alkyl halides is 3. The smallest absolute Gasteiger partial charge is 0.315 e. The van der Waals surface area contributed by atoms with Crippen LogP contribution in [0.3, 0.4) is 0 Å². The van der Waals surface area contributed by atoms with Crippen molar-refractivity contribution in [1.82, 2.24) is 10.6 Å². The van der Waals surface area contributed by atoms with Gasteiger partial charge in [-0.25, -0.2) is 0 Å². The molecule has 0 aliphatic carbocycles. The van der Waals surface area contributed by atoms with Crippen LogP contribution in [0.15, 0.2) is 24.3 Å². The Bertz CT molecular complexity index is 411. The first-order valence-electron chi connectivity index (χ1n) is 6.61. The first-order valence-corrected chi connectivity index (χ1v) is 6.61. The van der Waals surface area contributed by atoms with E-state index in [2.05, 4.69) is 10.6 Å². The molecule has 1 aliphatic rings. The Morgan fingerprint density at radius 2 is 2.16 bits per heavy atom. The summed E-state index contributed by atoms with van der Waals surface area (Å²) in [7, 11) is 0. The Morgan fingerprint density at radius 3 is 2.79 bits per heavy atom. The van der Waals surface area contributed by atoms with E-state index in [0.29, 0.717) is 11.6 Å². The van der Waals surface area contributed by atoms with Crippen molar-refractivity contribution in [3.05, 3.63) is 35.4 Å². The standard InChI is InChI=1S/C14H19F3N2/c1-10(19-13-6-3-7-18-9-13)11-4-2-5-12(8-11)14(15,16)17/h2,4-5,8,10,13,18-19H,3,6-7,9H2,1H3. The van der Waals surface area contributed by atoms with E-state index in [1.54, 1.807) is 6.07 Å². The summed E-state index contributed by atoms with van der Waals surface area (Å²) in [5, 5.41) is 6.67. The topological polar surface area (TPSA) is 24.1 Å². The average molecular weight is 272 g/mol. The highest BCUT2D eigenvalue weighted by Crippen LogP contribution is 2.30. The SMILES string of the molecule is CC(NC1CCCNC1)c1cccc(C(F)(F)F)c1. The van der Waals surface area contributed by atoms with E-state index in [0.717, 1.165) is 32.0 Å². The van der Waals surface area contributed by atoms with Gasteiger partial charge in [-0.15, -0.1) is 0 Å². The van der Waals surface area contributed by atoms with Gasteiger partial charge in [0.15, 0.2) is 0 Å². The second kappa shape index (κ2) is 5.92. The molecule has 2 rings (SSSR count). The van der Waals surface area contributed by atoms with Crippen LogP contribution in [-0.2, 0) is 6.18 Å². The molecule has 2 unspecified atom stereocenters. The third-order valence-electron chi connectivity index (χ3n) is 3.50. The summed E-state index contributed by atoms with van der Waals surface area (Å²) in [6.07, 6.45) is -2.11. The van der Waals surface area contributed by atoms with Crippen molar-refractivity contribution in [3.8, 4) is 0 Å². The molecule has 0 amide bonds. The van der Waals surface area contributed by atoms with Crippen LogP contribution >= 0.6 is 0 Å². The summed E-state index contributed by atoms with van der Waals surface area (Å²) in [6, 6.07) is 5.80. The monoisotopic (exact) mass is 272 g/mol. The molecular weight excluding hydrogens is 253 g/mol. The largest absolute Gasteiger partial charge is 0.416 e. The van der Waals surface area contributed by atoms with Crippen molar-refractivity contribution in [2.75, 3.05) is 13.1 Å². The molecule has 1 heterocycles. The van der Waals surface area contributed by atoms with Crippen LogP contribution in [0.5, 0.6) is 0 Å². The fourth-order valence-electron chi connectivity index (χ4n) is 2.43. The van der Waals surface area contributed by atoms with Crippen molar-refractivity contribution in [2.45, 2.75) is 38.0 Å². The average Bonchev–Trinajstić information content (AvgIpc) is 2.39. The summed E-state index contributed by atoms with van der Waals surface area (Å²) in [4.78, 5) is 0. The predicted octanol–water partition coefficient (Wildman–Crippen LogP) is 3.11. The van der Waals surface area contributed by atoms with Gasteiger partial charge >= 0.3 is 6.18 Å². The van der Waals surface area contributed by atoms with Gasteiger partial charge in [0, 0.05) is 18.6 Å². The predicted molar refractivity (Wildman–Crippen MR) is 68.9 cm³/mol. The van der Waals surface area contributed by atoms with Crippen LogP contribution in [0, 0.1) is 0 Å². The number of benzene rings is 1. The van der Waals surface area contributed by atoms with Gasteiger partial charge in [-0.2, -0.15) is 13.2 Å². The number of nitrogens with one attached hydrogen (secondary N) is 2. The van der Waals surface area contributed by atoms with Crippen molar-refractivity contribution in [3.63, 3.8) is 0 Å². The Hall–Kier alpha value is -1.07. The van der Waals surface area contributed by atoms with Crippen LogP contribution in [0.1, 0.15) is 36.9 Å². The van der Waals surface area contributed by atoms with Crippen LogP contribution in [0.4, 0.5) is 13.2 Å². The molecular formula is C14H19F3N2. The Kier molecular flexibility index (Phi) is 4.47. The maximum absolute atomic E-state index is 12.7. The van der Waals surface area contributed by atoms with Crippen molar-refractivity contribution < 1.29 is 13.2 Å². The highest BCUT2D eigenvalue weighted by molar-refractivity contribution is 5.27. The zero-order valence-corrected chi connectivity index (χ0v) is 10.9. The van der Waals surface area contributed by atoms with Crippen LogP contribution in [0.2, 0.25) is 0 Å². The van der Waals surface area contributed by atoms with E-state index in [-0.39, 0.29) is 6.04 Å². The lowest BCUT2D eigenvalue weighted by Gasteiger charge is -2.27. The molecule has 106 valence electrons. The Morgan fingerprint density at radius 1 is 1.37 bits per heavy atom. The number of halogens is 3. The van der Waals surface area contributed by atoms with Gasteiger partial charge in [-0.05, 0) is 44.0 Å². The zero-order chi connectivity index (χ0) is 13.9.